The van der Waals surface area contributed by atoms with E-state index in [1.807, 2.05) is 43.3 Å². The van der Waals surface area contributed by atoms with Crippen molar-refractivity contribution < 1.29 is 8.83 Å². The van der Waals surface area contributed by atoms with Crippen molar-refractivity contribution in [1.29, 1.82) is 0 Å². The minimum Gasteiger partial charge on any atom is -0.439 e. The van der Waals surface area contributed by atoms with E-state index in [0.29, 0.717) is 33.2 Å². The molecule has 2 aromatic carbocycles. The van der Waals surface area contributed by atoms with Gasteiger partial charge in [0.1, 0.15) is 16.7 Å². The van der Waals surface area contributed by atoms with Gasteiger partial charge < -0.3 is 14.2 Å². The van der Waals surface area contributed by atoms with E-state index in [0.717, 1.165) is 16.8 Å². The summed E-state index contributed by atoms with van der Waals surface area (Å²) in [5.41, 5.74) is 3.52. The summed E-state index contributed by atoms with van der Waals surface area (Å²) in [7, 11) is 0. The summed E-state index contributed by atoms with van der Waals surface area (Å²) >= 11 is 6.01. The van der Waals surface area contributed by atoms with Gasteiger partial charge in [0.05, 0.1) is 5.56 Å². The Kier molecular flexibility index (Phi) is 4.05. The number of furan rings is 1. The average Bonchev–Trinajstić information content (AvgIpc) is 2.96. The first-order valence-electron chi connectivity index (χ1n) is 8.19. The molecule has 0 spiro atoms. The molecule has 0 saturated heterocycles. The van der Waals surface area contributed by atoms with Crippen LogP contribution in [0.3, 0.4) is 0 Å². The van der Waals surface area contributed by atoms with Crippen LogP contribution in [0.4, 0.5) is 11.6 Å². The Morgan fingerprint density at radius 2 is 1.69 bits per heavy atom. The van der Waals surface area contributed by atoms with Gasteiger partial charge in [-0.15, -0.1) is 0 Å². The molecule has 0 fully saturated rings. The third kappa shape index (κ3) is 2.89. The average molecular weight is 366 g/mol. The van der Waals surface area contributed by atoms with E-state index >= 15 is 0 Å². The molecule has 0 unspecified atom stereocenters. The normalized spacial score (nSPS) is 11.0. The lowest BCUT2D eigenvalue weighted by molar-refractivity contribution is 0.485. The Hall–Kier alpha value is -2.98. The fourth-order valence-electron chi connectivity index (χ4n) is 2.98. The van der Waals surface area contributed by atoms with Crippen molar-refractivity contribution in [3.63, 3.8) is 0 Å². The Bertz CT molecular complexity index is 1160. The summed E-state index contributed by atoms with van der Waals surface area (Å²) in [6.07, 6.45) is 0. The van der Waals surface area contributed by atoms with Gasteiger partial charge in [-0.25, -0.2) is 4.79 Å². The number of aryl methyl sites for hydroxylation is 2. The van der Waals surface area contributed by atoms with Crippen molar-refractivity contribution in [2.45, 2.75) is 13.8 Å². The summed E-state index contributed by atoms with van der Waals surface area (Å²) in [6, 6.07) is 16.9. The molecule has 4 rings (SSSR count). The monoisotopic (exact) mass is 365 g/mol. The second-order valence-corrected chi connectivity index (χ2v) is 6.57. The predicted octanol–water partition coefficient (Wildman–Crippen LogP) is 6.07. The van der Waals surface area contributed by atoms with E-state index in [-0.39, 0.29) is 0 Å². The van der Waals surface area contributed by atoms with Crippen LogP contribution in [0.2, 0.25) is 5.02 Å². The number of rotatable bonds is 3. The van der Waals surface area contributed by atoms with Crippen LogP contribution < -0.4 is 10.9 Å². The van der Waals surface area contributed by atoms with Gasteiger partial charge in [-0.2, -0.15) is 0 Å². The van der Waals surface area contributed by atoms with E-state index in [1.165, 1.54) is 0 Å². The second kappa shape index (κ2) is 6.39. The summed E-state index contributed by atoms with van der Waals surface area (Å²) in [6.45, 7) is 3.73. The molecular formula is C21H16ClNO3. The fraction of sp³-hybridized carbons (Fsp3) is 0.0952. The molecule has 0 aliphatic carbocycles. The summed E-state index contributed by atoms with van der Waals surface area (Å²) in [5.74, 6) is 0.996. The molecule has 130 valence electrons. The first kappa shape index (κ1) is 16.5. The number of benzene rings is 2. The van der Waals surface area contributed by atoms with Crippen molar-refractivity contribution in [3.05, 3.63) is 81.4 Å². The van der Waals surface area contributed by atoms with E-state index in [9.17, 15) is 4.79 Å². The lowest BCUT2D eigenvalue weighted by Crippen LogP contribution is -2.00. The summed E-state index contributed by atoms with van der Waals surface area (Å²) < 4.78 is 11.3. The topological polar surface area (TPSA) is 55.4 Å². The molecule has 4 nitrogen and oxygen atoms in total. The quantitative estimate of drug-likeness (QED) is 0.479. The Labute approximate surface area is 155 Å². The first-order valence-corrected chi connectivity index (χ1v) is 8.56. The molecule has 5 heteroatoms. The zero-order valence-corrected chi connectivity index (χ0v) is 15.1. The molecule has 0 atom stereocenters. The van der Waals surface area contributed by atoms with E-state index < -0.39 is 5.63 Å². The van der Waals surface area contributed by atoms with Gasteiger partial charge in [0.2, 0.25) is 5.88 Å². The highest BCUT2D eigenvalue weighted by Gasteiger charge is 2.21. The maximum Gasteiger partial charge on any atom is 0.347 e. The molecule has 2 aromatic heterocycles. The standard InChI is InChI=1S/C21H16ClNO3/c1-12-5-3-4-6-16(12)23-20-18(14-7-9-15(22)10-8-14)19-17(26-20)11-13(2)25-21(19)24/h3-11,23H,1-2H3. The van der Waals surface area contributed by atoms with Crippen LogP contribution in [-0.4, -0.2) is 0 Å². The third-order valence-corrected chi connectivity index (χ3v) is 4.51. The molecular weight excluding hydrogens is 350 g/mol. The predicted molar refractivity (Wildman–Crippen MR) is 104 cm³/mol. The van der Waals surface area contributed by atoms with Crippen LogP contribution >= 0.6 is 11.6 Å². The number of nitrogens with one attached hydrogen (secondary N) is 1. The largest absolute Gasteiger partial charge is 0.439 e. The molecule has 0 bridgehead atoms. The van der Waals surface area contributed by atoms with E-state index in [1.54, 1.807) is 25.1 Å². The molecule has 0 radical (unpaired) electrons. The minimum absolute atomic E-state index is 0.411. The van der Waals surface area contributed by atoms with Gasteiger partial charge in [-0.05, 0) is 43.2 Å². The number of para-hydroxylation sites is 1. The molecule has 1 N–H and O–H groups in total. The summed E-state index contributed by atoms with van der Waals surface area (Å²) in [4.78, 5) is 12.5. The smallest absolute Gasteiger partial charge is 0.347 e. The summed E-state index contributed by atoms with van der Waals surface area (Å²) in [5, 5.41) is 4.34. The minimum atomic E-state index is -0.425. The van der Waals surface area contributed by atoms with Crippen molar-refractivity contribution in [2.75, 3.05) is 5.32 Å². The van der Waals surface area contributed by atoms with Crippen LogP contribution in [0.1, 0.15) is 11.3 Å². The van der Waals surface area contributed by atoms with Gasteiger partial charge in [0.15, 0.2) is 0 Å². The zero-order chi connectivity index (χ0) is 18.3. The molecule has 26 heavy (non-hydrogen) atoms. The molecule has 0 amide bonds. The number of hydrogen-bond donors (Lipinski definition) is 1. The van der Waals surface area contributed by atoms with Crippen molar-refractivity contribution in [1.82, 2.24) is 0 Å². The van der Waals surface area contributed by atoms with Gasteiger partial charge in [-0.1, -0.05) is 41.9 Å². The van der Waals surface area contributed by atoms with Gasteiger partial charge in [-0.3, -0.25) is 0 Å². The molecule has 2 heterocycles. The van der Waals surface area contributed by atoms with Crippen molar-refractivity contribution in [2.24, 2.45) is 0 Å². The maximum absolute atomic E-state index is 12.5. The fourth-order valence-corrected chi connectivity index (χ4v) is 3.11. The third-order valence-electron chi connectivity index (χ3n) is 4.25. The molecule has 0 aliphatic heterocycles. The molecule has 0 aliphatic rings. The second-order valence-electron chi connectivity index (χ2n) is 6.14. The van der Waals surface area contributed by atoms with Crippen LogP contribution in [0.25, 0.3) is 22.1 Å². The highest BCUT2D eigenvalue weighted by molar-refractivity contribution is 6.30. The highest BCUT2D eigenvalue weighted by atomic mass is 35.5. The lowest BCUT2D eigenvalue weighted by atomic mass is 10.0. The Morgan fingerprint density at radius 3 is 2.42 bits per heavy atom. The van der Waals surface area contributed by atoms with Crippen LogP contribution in [0, 0.1) is 13.8 Å². The number of fused-ring (bicyclic) bond motifs is 1. The van der Waals surface area contributed by atoms with Crippen molar-refractivity contribution in [3.8, 4) is 11.1 Å². The Morgan fingerprint density at radius 1 is 0.962 bits per heavy atom. The number of halogens is 1. The van der Waals surface area contributed by atoms with Crippen LogP contribution in [0.15, 0.2) is 68.2 Å². The Balaban J connectivity index is 1.98. The number of anilines is 2. The number of hydrogen-bond acceptors (Lipinski definition) is 4. The zero-order valence-electron chi connectivity index (χ0n) is 14.3. The lowest BCUT2D eigenvalue weighted by Gasteiger charge is -2.09. The molecule has 0 saturated carbocycles. The van der Waals surface area contributed by atoms with Gasteiger partial charge >= 0.3 is 5.63 Å². The van der Waals surface area contributed by atoms with Crippen LogP contribution in [-0.2, 0) is 0 Å². The molecule has 4 aromatic rings. The highest BCUT2D eigenvalue weighted by Crippen LogP contribution is 2.39. The van der Waals surface area contributed by atoms with Gasteiger partial charge in [0.25, 0.3) is 0 Å². The first-order chi connectivity index (χ1) is 12.5. The van der Waals surface area contributed by atoms with Crippen LogP contribution in [0.5, 0.6) is 0 Å². The van der Waals surface area contributed by atoms with E-state index in [2.05, 4.69) is 5.32 Å². The van der Waals surface area contributed by atoms with E-state index in [4.69, 9.17) is 20.4 Å². The maximum atomic E-state index is 12.5. The van der Waals surface area contributed by atoms with Gasteiger partial charge in [0, 0.05) is 16.8 Å². The van der Waals surface area contributed by atoms with Crippen molar-refractivity contribution >= 4 is 34.1 Å². The SMILES string of the molecule is Cc1cc2oc(Nc3ccccc3C)c(-c3ccc(Cl)cc3)c2c(=O)o1.